The lowest BCUT2D eigenvalue weighted by Crippen LogP contribution is -2.46. The third kappa shape index (κ3) is 4.37. The fourth-order valence-electron chi connectivity index (χ4n) is 2.66. The summed E-state index contributed by atoms with van der Waals surface area (Å²) in [5.74, 6) is 0.784. The standard InChI is InChI=1S/C15H23ClN2O/c1-17-12-13-6-4-5-9-18(13)10-11-19-15-8-3-2-7-14(15)16/h2-3,7-8,13,17H,4-6,9-12H2,1H3. The molecule has 0 radical (unpaired) electrons. The lowest BCUT2D eigenvalue weighted by molar-refractivity contribution is 0.123. The summed E-state index contributed by atoms with van der Waals surface area (Å²) in [4.78, 5) is 2.52. The minimum absolute atomic E-state index is 0.647. The van der Waals surface area contributed by atoms with Gasteiger partial charge in [0.05, 0.1) is 5.02 Å². The summed E-state index contributed by atoms with van der Waals surface area (Å²) in [5.41, 5.74) is 0. The van der Waals surface area contributed by atoms with Crippen LogP contribution in [-0.2, 0) is 0 Å². The van der Waals surface area contributed by atoms with Gasteiger partial charge in [-0.2, -0.15) is 0 Å². The van der Waals surface area contributed by atoms with Crippen molar-refractivity contribution in [1.82, 2.24) is 10.2 Å². The molecule has 0 bridgehead atoms. The fourth-order valence-corrected chi connectivity index (χ4v) is 2.85. The first kappa shape index (κ1) is 14.6. The Morgan fingerprint density at radius 2 is 2.21 bits per heavy atom. The van der Waals surface area contributed by atoms with Crippen LogP contribution in [0.15, 0.2) is 24.3 Å². The Hall–Kier alpha value is -0.770. The number of nitrogens with zero attached hydrogens (tertiary/aromatic N) is 1. The van der Waals surface area contributed by atoms with E-state index in [1.165, 1.54) is 25.8 Å². The Morgan fingerprint density at radius 1 is 1.37 bits per heavy atom. The fraction of sp³-hybridized carbons (Fsp3) is 0.600. The second kappa shape index (κ2) is 7.73. The van der Waals surface area contributed by atoms with Gasteiger partial charge in [-0.15, -0.1) is 0 Å². The van der Waals surface area contributed by atoms with Gasteiger partial charge in [0.1, 0.15) is 12.4 Å². The van der Waals surface area contributed by atoms with Crippen molar-refractivity contribution in [2.75, 3.05) is 33.3 Å². The zero-order valence-corrected chi connectivity index (χ0v) is 12.3. The van der Waals surface area contributed by atoms with Gasteiger partial charge < -0.3 is 10.1 Å². The van der Waals surface area contributed by atoms with E-state index < -0.39 is 0 Å². The molecule has 3 nitrogen and oxygen atoms in total. The Morgan fingerprint density at radius 3 is 3.00 bits per heavy atom. The van der Waals surface area contributed by atoms with Gasteiger partial charge >= 0.3 is 0 Å². The molecule has 1 aromatic carbocycles. The van der Waals surface area contributed by atoms with E-state index in [2.05, 4.69) is 10.2 Å². The highest BCUT2D eigenvalue weighted by molar-refractivity contribution is 6.32. The predicted molar refractivity (Wildman–Crippen MR) is 80.1 cm³/mol. The lowest BCUT2D eigenvalue weighted by Gasteiger charge is -2.35. The number of para-hydroxylation sites is 1. The van der Waals surface area contributed by atoms with Gasteiger partial charge in [0.2, 0.25) is 0 Å². The number of likely N-dealkylation sites (N-methyl/N-ethyl adjacent to an activating group) is 1. The molecule has 4 heteroatoms. The number of hydrogen-bond acceptors (Lipinski definition) is 3. The van der Waals surface area contributed by atoms with Crippen LogP contribution in [0, 0.1) is 0 Å². The van der Waals surface area contributed by atoms with Gasteiger partial charge in [-0.1, -0.05) is 30.2 Å². The van der Waals surface area contributed by atoms with E-state index in [4.69, 9.17) is 16.3 Å². The molecule has 1 saturated heterocycles. The van der Waals surface area contributed by atoms with Crippen LogP contribution in [-0.4, -0.2) is 44.2 Å². The lowest BCUT2D eigenvalue weighted by atomic mass is 10.0. The van der Waals surface area contributed by atoms with Crippen molar-refractivity contribution >= 4 is 11.6 Å². The van der Waals surface area contributed by atoms with E-state index in [-0.39, 0.29) is 0 Å². The molecule has 106 valence electrons. The minimum Gasteiger partial charge on any atom is -0.491 e. The highest BCUT2D eigenvalue weighted by Gasteiger charge is 2.21. The minimum atomic E-state index is 0.647. The zero-order chi connectivity index (χ0) is 13.5. The van der Waals surface area contributed by atoms with Crippen LogP contribution in [0.25, 0.3) is 0 Å². The molecule has 0 amide bonds. The first-order valence-electron chi connectivity index (χ1n) is 7.07. The molecule has 1 aliphatic rings. The second-order valence-electron chi connectivity index (χ2n) is 5.02. The molecule has 0 aromatic heterocycles. The van der Waals surface area contributed by atoms with E-state index in [9.17, 15) is 0 Å². The third-order valence-electron chi connectivity index (χ3n) is 3.66. The van der Waals surface area contributed by atoms with Crippen LogP contribution in [0.3, 0.4) is 0 Å². The molecule has 0 saturated carbocycles. The third-order valence-corrected chi connectivity index (χ3v) is 3.97. The summed E-state index contributed by atoms with van der Waals surface area (Å²) in [6, 6.07) is 8.30. The number of benzene rings is 1. The first-order chi connectivity index (χ1) is 9.31. The number of piperidine rings is 1. The SMILES string of the molecule is CNCC1CCCCN1CCOc1ccccc1Cl. The largest absolute Gasteiger partial charge is 0.491 e. The summed E-state index contributed by atoms with van der Waals surface area (Å²) in [6.45, 7) is 3.91. The van der Waals surface area contributed by atoms with Gasteiger partial charge in [0.15, 0.2) is 0 Å². The van der Waals surface area contributed by atoms with Gasteiger partial charge in [0.25, 0.3) is 0 Å². The maximum atomic E-state index is 6.08. The molecule has 19 heavy (non-hydrogen) atoms. The Balaban J connectivity index is 1.79. The van der Waals surface area contributed by atoms with Crippen LogP contribution in [0.4, 0.5) is 0 Å². The van der Waals surface area contributed by atoms with Crippen molar-refractivity contribution < 1.29 is 4.74 Å². The number of nitrogens with one attached hydrogen (secondary N) is 1. The molecule has 1 fully saturated rings. The summed E-state index contributed by atoms with van der Waals surface area (Å²) in [5, 5.41) is 3.97. The molecule has 1 aliphatic heterocycles. The molecule has 1 N–H and O–H groups in total. The maximum Gasteiger partial charge on any atom is 0.137 e. The Kier molecular flexibility index (Phi) is 5.95. The van der Waals surface area contributed by atoms with Crippen molar-refractivity contribution in [3.63, 3.8) is 0 Å². The van der Waals surface area contributed by atoms with Crippen LogP contribution in [0.2, 0.25) is 5.02 Å². The van der Waals surface area contributed by atoms with Crippen LogP contribution in [0.1, 0.15) is 19.3 Å². The molecular weight excluding hydrogens is 260 g/mol. The predicted octanol–water partition coefficient (Wildman–Crippen LogP) is 2.79. The number of likely N-dealkylation sites (tertiary alicyclic amines) is 1. The average molecular weight is 283 g/mol. The molecule has 2 rings (SSSR count). The Labute approximate surface area is 120 Å². The smallest absolute Gasteiger partial charge is 0.137 e. The first-order valence-corrected chi connectivity index (χ1v) is 7.45. The number of halogens is 1. The van der Waals surface area contributed by atoms with Crippen molar-refractivity contribution in [3.05, 3.63) is 29.3 Å². The van der Waals surface area contributed by atoms with E-state index in [0.717, 1.165) is 18.8 Å². The van der Waals surface area contributed by atoms with Gasteiger partial charge in [-0.05, 0) is 38.6 Å². The molecule has 1 atom stereocenters. The molecule has 0 aliphatic carbocycles. The Bertz CT molecular complexity index is 384. The van der Waals surface area contributed by atoms with E-state index in [0.29, 0.717) is 17.7 Å². The monoisotopic (exact) mass is 282 g/mol. The highest BCUT2D eigenvalue weighted by Crippen LogP contribution is 2.23. The summed E-state index contributed by atoms with van der Waals surface area (Å²) < 4.78 is 5.77. The summed E-state index contributed by atoms with van der Waals surface area (Å²) in [7, 11) is 2.02. The molecule has 1 aromatic rings. The van der Waals surface area contributed by atoms with Crippen molar-refractivity contribution in [2.45, 2.75) is 25.3 Å². The van der Waals surface area contributed by atoms with Gasteiger partial charge in [-0.3, -0.25) is 4.90 Å². The number of hydrogen-bond donors (Lipinski definition) is 1. The molecule has 1 heterocycles. The van der Waals surface area contributed by atoms with Crippen molar-refractivity contribution in [3.8, 4) is 5.75 Å². The molecular formula is C15H23ClN2O. The normalized spacial score (nSPS) is 20.4. The highest BCUT2D eigenvalue weighted by atomic mass is 35.5. The van der Waals surface area contributed by atoms with E-state index in [1.807, 2.05) is 31.3 Å². The molecule has 0 spiro atoms. The van der Waals surface area contributed by atoms with Gasteiger partial charge in [-0.25, -0.2) is 0 Å². The number of ether oxygens (including phenoxy) is 1. The topological polar surface area (TPSA) is 24.5 Å². The van der Waals surface area contributed by atoms with Crippen LogP contribution >= 0.6 is 11.6 Å². The summed E-state index contributed by atoms with van der Waals surface area (Å²) in [6.07, 6.45) is 3.92. The quantitative estimate of drug-likeness (QED) is 0.868. The van der Waals surface area contributed by atoms with E-state index in [1.54, 1.807) is 0 Å². The maximum absolute atomic E-state index is 6.08. The van der Waals surface area contributed by atoms with E-state index >= 15 is 0 Å². The van der Waals surface area contributed by atoms with Crippen molar-refractivity contribution in [1.29, 1.82) is 0 Å². The second-order valence-corrected chi connectivity index (χ2v) is 5.43. The zero-order valence-electron chi connectivity index (χ0n) is 11.6. The number of rotatable bonds is 6. The average Bonchev–Trinajstić information content (AvgIpc) is 2.43. The van der Waals surface area contributed by atoms with Crippen molar-refractivity contribution in [2.24, 2.45) is 0 Å². The van der Waals surface area contributed by atoms with Crippen LogP contribution < -0.4 is 10.1 Å². The molecule has 1 unspecified atom stereocenters. The van der Waals surface area contributed by atoms with Gasteiger partial charge in [0, 0.05) is 19.1 Å². The summed E-state index contributed by atoms with van der Waals surface area (Å²) >= 11 is 6.08. The van der Waals surface area contributed by atoms with Crippen LogP contribution in [0.5, 0.6) is 5.75 Å².